The first-order valence-corrected chi connectivity index (χ1v) is 11.2. The van der Waals surface area contributed by atoms with E-state index < -0.39 is 5.63 Å². The van der Waals surface area contributed by atoms with Gasteiger partial charge in [-0.15, -0.1) is 0 Å². The molecule has 4 aliphatic rings. The molecule has 0 unspecified atom stereocenters. The predicted molar refractivity (Wildman–Crippen MR) is 125 cm³/mol. The van der Waals surface area contributed by atoms with Crippen LogP contribution in [0.1, 0.15) is 18.4 Å². The quantitative estimate of drug-likeness (QED) is 0.730. The molecule has 162 valence electrons. The minimum Gasteiger partial charge on any atom is -0.422 e. The lowest BCUT2D eigenvalue weighted by Crippen LogP contribution is -2.43. The summed E-state index contributed by atoms with van der Waals surface area (Å²) in [6.45, 7) is 3.75. The SMILES string of the molecule is O=c1oc2cc(N3CCNCC3)ccc2cc1C1=CN2C=C(C3CC3)C=C(F)C2=CC=C1. The molecule has 6 heteroatoms. The Morgan fingerprint density at radius 3 is 2.75 bits per heavy atom. The lowest BCUT2D eigenvalue weighted by Gasteiger charge is -2.29. The van der Waals surface area contributed by atoms with E-state index in [0.29, 0.717) is 28.3 Å². The molecule has 5 nitrogen and oxygen atoms in total. The molecule has 1 saturated carbocycles. The maximum Gasteiger partial charge on any atom is 0.344 e. The number of halogens is 1. The van der Waals surface area contributed by atoms with Crippen LogP contribution >= 0.6 is 0 Å². The van der Waals surface area contributed by atoms with Crippen molar-refractivity contribution in [2.24, 2.45) is 5.92 Å². The van der Waals surface area contributed by atoms with Gasteiger partial charge in [-0.25, -0.2) is 9.18 Å². The highest BCUT2D eigenvalue weighted by Crippen LogP contribution is 2.41. The van der Waals surface area contributed by atoms with Crippen molar-refractivity contribution in [2.45, 2.75) is 12.8 Å². The number of benzene rings is 1. The monoisotopic (exact) mass is 429 g/mol. The fourth-order valence-electron chi connectivity index (χ4n) is 4.54. The number of allylic oxidation sites excluding steroid dienone is 7. The van der Waals surface area contributed by atoms with Crippen molar-refractivity contribution in [3.05, 3.63) is 94.1 Å². The van der Waals surface area contributed by atoms with E-state index in [2.05, 4.69) is 16.3 Å². The fourth-order valence-corrected chi connectivity index (χ4v) is 4.54. The van der Waals surface area contributed by atoms with E-state index >= 15 is 0 Å². The number of hydrogen-bond donors (Lipinski definition) is 1. The number of nitrogens with zero attached hydrogens (tertiary/aromatic N) is 2. The summed E-state index contributed by atoms with van der Waals surface area (Å²) >= 11 is 0. The summed E-state index contributed by atoms with van der Waals surface area (Å²) < 4.78 is 20.4. The first-order chi connectivity index (χ1) is 15.7. The van der Waals surface area contributed by atoms with Crippen LogP contribution in [0.4, 0.5) is 10.1 Å². The number of rotatable bonds is 3. The maximum atomic E-state index is 14.7. The Kier molecular flexibility index (Phi) is 4.61. The van der Waals surface area contributed by atoms with Crippen molar-refractivity contribution in [3.63, 3.8) is 0 Å². The third-order valence-electron chi connectivity index (χ3n) is 6.47. The van der Waals surface area contributed by atoms with Crippen LogP contribution in [0.2, 0.25) is 0 Å². The van der Waals surface area contributed by atoms with Crippen molar-refractivity contribution in [1.29, 1.82) is 0 Å². The molecular weight excluding hydrogens is 405 g/mol. The molecule has 0 bridgehead atoms. The van der Waals surface area contributed by atoms with Gasteiger partial charge in [0, 0.05) is 61.3 Å². The Bertz CT molecular complexity index is 1300. The van der Waals surface area contributed by atoms with Crippen LogP contribution < -0.4 is 15.8 Å². The van der Waals surface area contributed by atoms with E-state index in [1.54, 1.807) is 23.1 Å². The Labute approximate surface area is 185 Å². The second-order valence-electron chi connectivity index (χ2n) is 8.71. The summed E-state index contributed by atoms with van der Waals surface area (Å²) in [6.07, 6.45) is 13.0. The molecule has 32 heavy (non-hydrogen) atoms. The molecule has 1 aromatic carbocycles. The van der Waals surface area contributed by atoms with Crippen molar-refractivity contribution in [1.82, 2.24) is 10.2 Å². The van der Waals surface area contributed by atoms with Crippen molar-refractivity contribution in [3.8, 4) is 0 Å². The van der Waals surface area contributed by atoms with Gasteiger partial charge in [0.2, 0.25) is 0 Å². The normalized spacial score (nSPS) is 20.9. The molecule has 0 amide bonds. The zero-order chi connectivity index (χ0) is 21.7. The molecule has 1 saturated heterocycles. The van der Waals surface area contributed by atoms with Gasteiger partial charge < -0.3 is 19.5 Å². The average molecular weight is 429 g/mol. The average Bonchev–Trinajstić information content (AvgIpc) is 3.66. The number of anilines is 1. The predicted octanol–water partition coefficient (Wildman–Crippen LogP) is 4.46. The van der Waals surface area contributed by atoms with E-state index in [9.17, 15) is 9.18 Å². The van der Waals surface area contributed by atoms with Crippen LogP contribution in [0.5, 0.6) is 0 Å². The van der Waals surface area contributed by atoms with Crippen molar-refractivity contribution in [2.75, 3.05) is 31.1 Å². The van der Waals surface area contributed by atoms with Crippen LogP contribution in [0.15, 0.2) is 87.3 Å². The zero-order valence-electron chi connectivity index (χ0n) is 17.7. The summed E-state index contributed by atoms with van der Waals surface area (Å²) in [6, 6.07) is 7.88. The first kappa shape index (κ1) is 19.3. The summed E-state index contributed by atoms with van der Waals surface area (Å²) in [5, 5.41) is 4.21. The fraction of sp³-hybridized carbons (Fsp3) is 0.269. The highest BCUT2D eigenvalue weighted by molar-refractivity contribution is 5.85. The number of piperazine rings is 1. The summed E-state index contributed by atoms with van der Waals surface area (Å²) in [7, 11) is 0. The van der Waals surface area contributed by atoms with E-state index in [1.165, 1.54) is 0 Å². The van der Waals surface area contributed by atoms with Gasteiger partial charge in [0.15, 0.2) is 0 Å². The van der Waals surface area contributed by atoms with Crippen molar-refractivity contribution < 1.29 is 8.81 Å². The largest absolute Gasteiger partial charge is 0.422 e. The molecule has 1 aliphatic carbocycles. The molecule has 1 aromatic heterocycles. The second kappa shape index (κ2) is 7.64. The van der Waals surface area contributed by atoms with Crippen LogP contribution in [-0.4, -0.2) is 31.1 Å². The molecule has 2 fully saturated rings. The molecule has 0 atom stereocenters. The highest BCUT2D eigenvalue weighted by Gasteiger charge is 2.29. The minimum absolute atomic E-state index is 0.248. The lowest BCUT2D eigenvalue weighted by molar-refractivity contribution is 0.533. The van der Waals surface area contributed by atoms with Crippen LogP contribution in [0.3, 0.4) is 0 Å². The molecule has 1 N–H and O–H groups in total. The zero-order valence-corrected chi connectivity index (χ0v) is 17.7. The van der Waals surface area contributed by atoms with Crippen LogP contribution in [-0.2, 0) is 0 Å². The van der Waals surface area contributed by atoms with Crippen LogP contribution in [0, 0.1) is 5.92 Å². The topological polar surface area (TPSA) is 48.7 Å². The van der Waals surface area contributed by atoms with Gasteiger partial charge in [0.1, 0.15) is 11.4 Å². The van der Waals surface area contributed by atoms with Gasteiger partial charge in [-0.05, 0) is 54.7 Å². The molecule has 3 aliphatic heterocycles. The number of fused-ring (bicyclic) bond motifs is 2. The number of hydrogen-bond acceptors (Lipinski definition) is 5. The van der Waals surface area contributed by atoms with E-state index in [-0.39, 0.29) is 5.83 Å². The van der Waals surface area contributed by atoms with Gasteiger partial charge >= 0.3 is 5.63 Å². The van der Waals surface area contributed by atoms with Gasteiger partial charge in [-0.1, -0.05) is 12.2 Å². The smallest absolute Gasteiger partial charge is 0.344 e. The third-order valence-corrected chi connectivity index (χ3v) is 6.47. The lowest BCUT2D eigenvalue weighted by atomic mass is 10.1. The third kappa shape index (κ3) is 3.50. The molecule has 0 radical (unpaired) electrons. The first-order valence-electron chi connectivity index (χ1n) is 11.2. The maximum absolute atomic E-state index is 14.7. The molecule has 2 aromatic rings. The minimum atomic E-state index is -0.395. The Morgan fingerprint density at radius 2 is 1.94 bits per heavy atom. The van der Waals surface area contributed by atoms with E-state index in [0.717, 1.165) is 55.7 Å². The Hall–Kier alpha value is -3.38. The number of nitrogens with one attached hydrogen (secondary N) is 1. The van der Waals surface area contributed by atoms with Gasteiger partial charge in [-0.3, -0.25) is 0 Å². The summed E-state index contributed by atoms with van der Waals surface area (Å²) in [5.41, 5.74) is 3.89. The molecule has 0 spiro atoms. The standard InChI is InChI=1S/C26H24FN3O2/c27-23-13-20(17-4-5-17)16-30-15-19(2-1-3-24(23)30)22-12-18-6-7-21(14-25(18)32-26(22)31)29-10-8-28-9-11-29/h1-3,6-7,12-17,28H,4-5,8-11H2. The highest BCUT2D eigenvalue weighted by atomic mass is 19.1. The van der Waals surface area contributed by atoms with E-state index in [4.69, 9.17) is 4.42 Å². The van der Waals surface area contributed by atoms with Gasteiger partial charge in [0.05, 0.1) is 11.3 Å². The molecular formula is C26H24FN3O2. The Balaban J connectivity index is 1.37. The van der Waals surface area contributed by atoms with Crippen LogP contribution in [0.25, 0.3) is 16.5 Å². The van der Waals surface area contributed by atoms with Gasteiger partial charge in [0.25, 0.3) is 0 Å². The van der Waals surface area contributed by atoms with Crippen molar-refractivity contribution >= 4 is 22.2 Å². The molecule has 6 rings (SSSR count). The molecule has 4 heterocycles. The second-order valence-corrected chi connectivity index (χ2v) is 8.71. The summed E-state index contributed by atoms with van der Waals surface area (Å²) in [4.78, 5) is 17.0. The van der Waals surface area contributed by atoms with E-state index in [1.807, 2.05) is 36.7 Å². The van der Waals surface area contributed by atoms with Gasteiger partial charge in [-0.2, -0.15) is 0 Å². The Morgan fingerprint density at radius 1 is 1.09 bits per heavy atom. The summed E-state index contributed by atoms with van der Waals surface area (Å²) in [5.74, 6) is 0.188.